The minimum absolute atomic E-state index is 0.00605. The van der Waals surface area contributed by atoms with Crippen molar-refractivity contribution in [3.63, 3.8) is 0 Å². The lowest BCUT2D eigenvalue weighted by Gasteiger charge is -2.19. The van der Waals surface area contributed by atoms with Crippen molar-refractivity contribution in [1.82, 2.24) is 21.3 Å². The second-order valence-corrected chi connectivity index (χ2v) is 14.1. The quantitative estimate of drug-likeness (QED) is 0.00841. The molecule has 0 aliphatic heterocycles. The van der Waals surface area contributed by atoms with Gasteiger partial charge >= 0.3 is 5.97 Å². The molecular formula is C41H63F5N10O14. The molecule has 1 atom stereocenters. The first-order valence-electron chi connectivity index (χ1n) is 22.4. The van der Waals surface area contributed by atoms with Crippen LogP contribution in [0.2, 0.25) is 0 Å². The van der Waals surface area contributed by atoms with E-state index in [1.165, 1.54) is 0 Å². The predicted octanol–water partition coefficient (Wildman–Crippen LogP) is 3.00. The molecule has 0 radical (unpaired) electrons. The normalized spacial score (nSPS) is 11.3. The fourth-order valence-corrected chi connectivity index (χ4v) is 5.29. The maximum absolute atomic E-state index is 13.7. The van der Waals surface area contributed by atoms with Crippen molar-refractivity contribution in [1.29, 1.82) is 0 Å². The Morgan fingerprint density at radius 3 is 1.36 bits per heavy atom. The summed E-state index contributed by atoms with van der Waals surface area (Å²) in [6.07, 6.45) is 1.35. The Kier molecular flexibility index (Phi) is 37.9. The van der Waals surface area contributed by atoms with E-state index in [0.29, 0.717) is 32.4 Å². The molecule has 0 spiro atoms. The highest BCUT2D eigenvalue weighted by molar-refractivity contribution is 5.87. The first kappa shape index (κ1) is 62.5. The summed E-state index contributed by atoms with van der Waals surface area (Å²) in [7, 11) is 0. The van der Waals surface area contributed by atoms with Gasteiger partial charge in [-0.2, -0.15) is 8.78 Å². The number of esters is 1. The third-order valence-corrected chi connectivity index (χ3v) is 8.78. The Morgan fingerprint density at radius 2 is 0.871 bits per heavy atom. The zero-order chi connectivity index (χ0) is 51.5. The maximum Gasteiger partial charge on any atom is 0.313 e. The van der Waals surface area contributed by atoms with Gasteiger partial charge in [-0.25, -0.2) is 13.2 Å². The van der Waals surface area contributed by atoms with Crippen LogP contribution in [0.4, 0.5) is 22.0 Å². The fourth-order valence-electron chi connectivity index (χ4n) is 5.29. The first-order chi connectivity index (χ1) is 33.9. The van der Waals surface area contributed by atoms with Gasteiger partial charge in [-0.1, -0.05) is 10.2 Å². The number of amides is 4. The number of benzene rings is 1. The molecule has 0 fully saturated rings. The van der Waals surface area contributed by atoms with E-state index < -0.39 is 65.1 Å². The number of ether oxygens (including phenoxy) is 9. The van der Waals surface area contributed by atoms with Crippen LogP contribution in [0.25, 0.3) is 20.9 Å². The molecule has 1 aromatic carbocycles. The van der Waals surface area contributed by atoms with E-state index in [1.54, 1.807) is 0 Å². The molecule has 0 aromatic heterocycles. The van der Waals surface area contributed by atoms with Crippen molar-refractivity contribution in [3.8, 4) is 5.75 Å². The van der Waals surface area contributed by atoms with Gasteiger partial charge in [0.25, 0.3) is 0 Å². The third-order valence-electron chi connectivity index (χ3n) is 8.78. The monoisotopic (exact) mass is 1010 g/mol. The van der Waals surface area contributed by atoms with Crippen LogP contribution in [0.3, 0.4) is 0 Å². The third kappa shape index (κ3) is 32.4. The Bertz CT molecular complexity index is 1760. The first-order valence-corrected chi connectivity index (χ1v) is 22.4. The van der Waals surface area contributed by atoms with Crippen LogP contribution in [0.15, 0.2) is 10.2 Å². The standard InChI is InChI=1S/C41H63F5N10O14/c42-35-36(43)38(45)40(39(46)37(35)44)70-34(60)8-16-64-22-26-68-28-29-69-27-25-65-17-11-51-41(61)30(4-1-2-9-49-31(57)6-14-62-20-23-66-18-12-52-55-47)54-33(59)5-3-10-50-32(58)7-15-63-21-24-67-19-13-53-56-48/h30H,1-29H2,(H,49,57)(H,50,58)(H,51,61)(H,54,59)/t30-/m0/s1. The molecule has 0 aliphatic rings. The lowest BCUT2D eigenvalue weighted by molar-refractivity contribution is -0.136. The summed E-state index contributed by atoms with van der Waals surface area (Å²) in [5.74, 6) is -15.7. The molecule has 1 rings (SSSR count). The molecule has 0 saturated carbocycles. The Hall–Kier alpha value is -5.48. The number of azide groups is 2. The van der Waals surface area contributed by atoms with Crippen molar-refractivity contribution in [2.45, 2.75) is 57.4 Å². The van der Waals surface area contributed by atoms with Gasteiger partial charge in [0.1, 0.15) is 6.04 Å². The van der Waals surface area contributed by atoms with E-state index in [2.05, 4.69) is 46.1 Å². The summed E-state index contributed by atoms with van der Waals surface area (Å²) in [5.41, 5.74) is 16.5. The van der Waals surface area contributed by atoms with Crippen molar-refractivity contribution >= 4 is 29.6 Å². The average Bonchev–Trinajstić information content (AvgIpc) is 3.34. The van der Waals surface area contributed by atoms with Crippen molar-refractivity contribution in [2.75, 3.05) is 138 Å². The van der Waals surface area contributed by atoms with Gasteiger partial charge in [0.15, 0.2) is 0 Å². The lowest BCUT2D eigenvalue weighted by Crippen LogP contribution is -2.47. The van der Waals surface area contributed by atoms with Gasteiger partial charge in [0, 0.05) is 61.8 Å². The molecule has 4 N–H and O–H groups in total. The van der Waals surface area contributed by atoms with E-state index >= 15 is 0 Å². The minimum Gasteiger partial charge on any atom is -0.420 e. The molecule has 4 amide bonds. The topological polar surface area (TPSA) is 314 Å². The number of hydrogen-bond acceptors (Lipinski definition) is 16. The minimum atomic E-state index is -2.38. The van der Waals surface area contributed by atoms with Crippen LogP contribution in [-0.2, 0) is 61.9 Å². The molecule has 24 nitrogen and oxygen atoms in total. The molecule has 29 heteroatoms. The van der Waals surface area contributed by atoms with Crippen LogP contribution in [-0.4, -0.2) is 174 Å². The summed E-state index contributed by atoms with van der Waals surface area (Å²) in [6.45, 7) is 3.82. The second-order valence-electron chi connectivity index (χ2n) is 14.1. The lowest BCUT2D eigenvalue weighted by atomic mass is 10.1. The predicted molar refractivity (Wildman–Crippen MR) is 234 cm³/mol. The van der Waals surface area contributed by atoms with Gasteiger partial charge in [-0.05, 0) is 36.7 Å². The van der Waals surface area contributed by atoms with Crippen molar-refractivity contribution < 1.29 is 88.6 Å². The SMILES string of the molecule is [N-]=[N+]=NCCOCCOCCC(=O)NCCCC[C@H](NC(=O)CCCNC(=O)CCOCCOCCN=[N+]=[N-])C(=O)NCCOCCOCCOCCOCCC(=O)Oc1c(F)c(F)c(F)c(F)c1F. The Morgan fingerprint density at radius 1 is 0.457 bits per heavy atom. The van der Waals surface area contributed by atoms with Gasteiger partial charge in [0.2, 0.25) is 58.5 Å². The van der Waals surface area contributed by atoms with Gasteiger partial charge in [-0.3, -0.25) is 24.0 Å². The van der Waals surface area contributed by atoms with E-state index in [1.807, 2.05) is 0 Å². The molecular weight excluding hydrogens is 951 g/mol. The highest BCUT2D eigenvalue weighted by Gasteiger charge is 2.28. The number of carbonyl (C=O) groups excluding carboxylic acids is 5. The van der Waals surface area contributed by atoms with Crippen LogP contribution in [0, 0.1) is 29.1 Å². The summed E-state index contributed by atoms with van der Waals surface area (Å²) in [6, 6.07) is -0.880. The Labute approximate surface area is 400 Å². The van der Waals surface area contributed by atoms with E-state index in [9.17, 15) is 45.9 Å². The molecule has 0 heterocycles. The van der Waals surface area contributed by atoms with Crippen LogP contribution in [0.5, 0.6) is 5.75 Å². The molecule has 0 saturated heterocycles. The van der Waals surface area contributed by atoms with E-state index in [-0.39, 0.29) is 163 Å². The molecule has 0 aliphatic carbocycles. The second kappa shape index (κ2) is 42.4. The number of nitrogens with one attached hydrogen (secondary N) is 4. The van der Waals surface area contributed by atoms with Crippen LogP contribution in [0.1, 0.15) is 51.4 Å². The number of halogens is 5. The zero-order valence-corrected chi connectivity index (χ0v) is 38.9. The maximum atomic E-state index is 13.7. The molecule has 396 valence electrons. The van der Waals surface area contributed by atoms with Crippen LogP contribution < -0.4 is 26.0 Å². The number of carbonyl (C=O) groups is 5. The van der Waals surface area contributed by atoms with Gasteiger partial charge in [-0.15, -0.1) is 0 Å². The van der Waals surface area contributed by atoms with Crippen molar-refractivity contribution in [2.24, 2.45) is 10.2 Å². The average molecular weight is 1020 g/mol. The molecule has 1 aromatic rings. The number of rotatable bonds is 45. The summed E-state index contributed by atoms with van der Waals surface area (Å²) in [5, 5.41) is 17.7. The molecule has 0 bridgehead atoms. The zero-order valence-electron chi connectivity index (χ0n) is 38.9. The van der Waals surface area contributed by atoms with Gasteiger partial charge < -0.3 is 63.9 Å². The van der Waals surface area contributed by atoms with Crippen LogP contribution >= 0.6 is 0 Å². The summed E-state index contributed by atoms with van der Waals surface area (Å²) >= 11 is 0. The smallest absolute Gasteiger partial charge is 0.313 e. The largest absolute Gasteiger partial charge is 0.420 e. The summed E-state index contributed by atoms with van der Waals surface area (Å²) < 4.78 is 114. The fraction of sp³-hybridized carbons (Fsp3) is 0.732. The highest BCUT2D eigenvalue weighted by Crippen LogP contribution is 2.29. The molecule has 70 heavy (non-hydrogen) atoms. The Balaban J connectivity index is 2.31. The number of unbranched alkanes of at least 4 members (excludes halogenated alkanes) is 1. The van der Waals surface area contributed by atoms with Gasteiger partial charge in [0.05, 0.1) is 112 Å². The highest BCUT2D eigenvalue weighted by atomic mass is 19.2. The van der Waals surface area contributed by atoms with E-state index in [0.717, 1.165) is 0 Å². The molecule has 0 unspecified atom stereocenters. The van der Waals surface area contributed by atoms with Crippen molar-refractivity contribution in [3.05, 3.63) is 50.0 Å². The van der Waals surface area contributed by atoms with E-state index in [4.69, 9.17) is 49.0 Å². The number of hydrogen-bond donors (Lipinski definition) is 4. The summed E-state index contributed by atoms with van der Waals surface area (Å²) in [4.78, 5) is 67.2. The number of nitrogens with zero attached hydrogens (tertiary/aromatic N) is 6.